The summed E-state index contributed by atoms with van der Waals surface area (Å²) in [6.07, 6.45) is 5.03. The molecule has 4 unspecified atom stereocenters. The second-order valence-electron chi connectivity index (χ2n) is 5.93. The summed E-state index contributed by atoms with van der Waals surface area (Å²) in [5.41, 5.74) is -1.35. The Morgan fingerprint density at radius 2 is 2.18 bits per heavy atom. The molecule has 1 heterocycles. The fraction of sp³-hybridized carbons (Fsp3) is 0.929. The van der Waals surface area contributed by atoms with E-state index in [4.69, 9.17) is 4.74 Å². The van der Waals surface area contributed by atoms with E-state index in [1.807, 2.05) is 0 Å². The molecule has 2 fully saturated rings. The van der Waals surface area contributed by atoms with E-state index in [-0.39, 0.29) is 6.10 Å². The van der Waals surface area contributed by atoms with E-state index in [1.165, 1.54) is 0 Å². The van der Waals surface area contributed by atoms with Gasteiger partial charge in [-0.15, -0.1) is 0 Å². The van der Waals surface area contributed by atoms with Crippen LogP contribution < -0.4 is 0 Å². The van der Waals surface area contributed by atoms with Gasteiger partial charge in [-0.25, -0.2) is 0 Å². The minimum absolute atomic E-state index is 0.120. The third-order valence-electron chi connectivity index (χ3n) is 4.76. The Hall–Kier alpha value is -0.590. The Kier molecular flexibility index (Phi) is 3.47. The zero-order chi connectivity index (χ0) is 12.5. The van der Waals surface area contributed by atoms with Crippen LogP contribution in [0, 0.1) is 22.7 Å². The van der Waals surface area contributed by atoms with Gasteiger partial charge in [-0.2, -0.15) is 5.26 Å². The van der Waals surface area contributed by atoms with Crippen LogP contribution >= 0.6 is 0 Å². The van der Waals surface area contributed by atoms with E-state index in [2.05, 4.69) is 19.9 Å². The van der Waals surface area contributed by atoms with E-state index in [0.29, 0.717) is 25.4 Å². The summed E-state index contributed by atoms with van der Waals surface area (Å²) >= 11 is 0. The van der Waals surface area contributed by atoms with Crippen molar-refractivity contribution in [1.29, 1.82) is 5.26 Å². The molecule has 96 valence electrons. The number of aliphatic hydroxyl groups is 1. The van der Waals surface area contributed by atoms with Gasteiger partial charge >= 0.3 is 0 Å². The maximum atomic E-state index is 10.9. The lowest BCUT2D eigenvalue weighted by Gasteiger charge is -2.45. The molecule has 3 heteroatoms. The summed E-state index contributed by atoms with van der Waals surface area (Å²) in [5, 5.41) is 20.5. The van der Waals surface area contributed by atoms with Crippen molar-refractivity contribution >= 4 is 0 Å². The first kappa shape index (κ1) is 12.9. The maximum absolute atomic E-state index is 10.9. The summed E-state index contributed by atoms with van der Waals surface area (Å²) in [7, 11) is 0. The summed E-state index contributed by atoms with van der Waals surface area (Å²) in [6.45, 7) is 4.85. The van der Waals surface area contributed by atoms with Crippen LogP contribution in [0.2, 0.25) is 0 Å². The second kappa shape index (κ2) is 4.59. The molecule has 3 nitrogen and oxygen atoms in total. The smallest absolute Gasteiger partial charge is 0.0879 e. The predicted octanol–water partition coefficient (Wildman–Crippen LogP) is 2.64. The Labute approximate surface area is 104 Å². The number of ether oxygens (including phenoxy) is 1. The molecular formula is C14H23NO2. The van der Waals surface area contributed by atoms with Gasteiger partial charge in [0.25, 0.3) is 0 Å². The molecule has 1 saturated heterocycles. The molecule has 4 atom stereocenters. The van der Waals surface area contributed by atoms with Crippen molar-refractivity contribution in [3.63, 3.8) is 0 Å². The van der Waals surface area contributed by atoms with Gasteiger partial charge in [0, 0.05) is 19.4 Å². The standard InChI is InChI=1S/C14H23NO2/c1-3-12-9-14(16,6-7-17-12)13(10-15)5-4-11(2)8-13/h11-12,16H,3-9H2,1-2H3. The largest absolute Gasteiger partial charge is 0.388 e. The third-order valence-corrected chi connectivity index (χ3v) is 4.76. The first-order valence-corrected chi connectivity index (χ1v) is 6.80. The summed E-state index contributed by atoms with van der Waals surface area (Å²) < 4.78 is 5.63. The Morgan fingerprint density at radius 1 is 1.41 bits per heavy atom. The van der Waals surface area contributed by atoms with E-state index in [9.17, 15) is 10.4 Å². The first-order chi connectivity index (χ1) is 8.05. The molecule has 17 heavy (non-hydrogen) atoms. The predicted molar refractivity (Wildman–Crippen MR) is 65.3 cm³/mol. The van der Waals surface area contributed by atoms with Gasteiger partial charge < -0.3 is 9.84 Å². The van der Waals surface area contributed by atoms with Crippen molar-refractivity contribution in [2.24, 2.45) is 11.3 Å². The Bertz CT molecular complexity index is 325. The molecule has 0 bridgehead atoms. The van der Waals surface area contributed by atoms with Crippen molar-refractivity contribution in [2.75, 3.05) is 6.61 Å². The van der Waals surface area contributed by atoms with Crippen molar-refractivity contribution in [2.45, 2.75) is 64.1 Å². The van der Waals surface area contributed by atoms with E-state index in [1.54, 1.807) is 0 Å². The topological polar surface area (TPSA) is 53.2 Å². The minimum Gasteiger partial charge on any atom is -0.388 e. The molecular weight excluding hydrogens is 214 g/mol. The van der Waals surface area contributed by atoms with Crippen LogP contribution in [0.4, 0.5) is 0 Å². The Balaban J connectivity index is 2.21. The first-order valence-electron chi connectivity index (χ1n) is 6.80. The molecule has 0 aromatic rings. The van der Waals surface area contributed by atoms with Gasteiger partial charge in [0.1, 0.15) is 0 Å². The normalized spacial score (nSPS) is 46.7. The zero-order valence-electron chi connectivity index (χ0n) is 10.9. The highest BCUT2D eigenvalue weighted by atomic mass is 16.5. The molecule has 0 radical (unpaired) electrons. The van der Waals surface area contributed by atoms with Crippen molar-refractivity contribution in [1.82, 2.24) is 0 Å². The fourth-order valence-corrected chi connectivity index (χ4v) is 3.55. The number of rotatable bonds is 2. The highest BCUT2D eigenvalue weighted by molar-refractivity contribution is 5.15. The summed E-state index contributed by atoms with van der Waals surface area (Å²) in [4.78, 5) is 0. The lowest BCUT2D eigenvalue weighted by atomic mass is 9.66. The van der Waals surface area contributed by atoms with Crippen molar-refractivity contribution in [3.8, 4) is 6.07 Å². The molecule has 1 aliphatic carbocycles. The molecule has 0 amide bonds. The highest BCUT2D eigenvalue weighted by Gasteiger charge is 2.55. The lowest BCUT2D eigenvalue weighted by molar-refractivity contribution is -0.151. The second-order valence-corrected chi connectivity index (χ2v) is 5.93. The van der Waals surface area contributed by atoms with Gasteiger partial charge in [0.15, 0.2) is 0 Å². The average Bonchev–Trinajstić information content (AvgIpc) is 2.73. The highest BCUT2D eigenvalue weighted by Crippen LogP contribution is 2.52. The molecule has 0 aromatic heterocycles. The van der Waals surface area contributed by atoms with Crippen LogP contribution in [0.25, 0.3) is 0 Å². The number of hydrogen-bond donors (Lipinski definition) is 1. The number of hydrogen-bond acceptors (Lipinski definition) is 3. The molecule has 2 rings (SSSR count). The van der Waals surface area contributed by atoms with Gasteiger partial charge in [-0.1, -0.05) is 13.8 Å². The quantitative estimate of drug-likeness (QED) is 0.803. The summed E-state index contributed by atoms with van der Waals surface area (Å²) in [5.74, 6) is 0.557. The molecule has 2 aliphatic rings. The molecule has 0 aromatic carbocycles. The van der Waals surface area contributed by atoms with Crippen LogP contribution in [-0.4, -0.2) is 23.4 Å². The third kappa shape index (κ3) is 2.09. The molecule has 1 N–H and O–H groups in total. The average molecular weight is 237 g/mol. The van der Waals surface area contributed by atoms with Crippen LogP contribution in [0.15, 0.2) is 0 Å². The van der Waals surface area contributed by atoms with Gasteiger partial charge in [-0.05, 0) is 31.6 Å². The molecule has 1 aliphatic heterocycles. The Morgan fingerprint density at radius 3 is 2.71 bits per heavy atom. The fourth-order valence-electron chi connectivity index (χ4n) is 3.55. The molecule has 0 spiro atoms. The minimum atomic E-state index is -0.828. The van der Waals surface area contributed by atoms with Crippen LogP contribution in [0.1, 0.15) is 52.4 Å². The number of nitriles is 1. The van der Waals surface area contributed by atoms with Gasteiger partial charge in [0.2, 0.25) is 0 Å². The molecule has 1 saturated carbocycles. The lowest BCUT2D eigenvalue weighted by Crippen LogP contribution is -2.52. The monoisotopic (exact) mass is 237 g/mol. The van der Waals surface area contributed by atoms with Crippen LogP contribution in [-0.2, 0) is 4.74 Å². The van der Waals surface area contributed by atoms with Crippen LogP contribution in [0.5, 0.6) is 0 Å². The SMILES string of the molecule is CCC1CC(O)(C2(C#N)CCC(C)C2)CCO1. The maximum Gasteiger partial charge on any atom is 0.0879 e. The van der Waals surface area contributed by atoms with E-state index >= 15 is 0 Å². The van der Waals surface area contributed by atoms with E-state index in [0.717, 1.165) is 25.7 Å². The number of nitrogens with zero attached hydrogens (tertiary/aromatic N) is 1. The zero-order valence-corrected chi connectivity index (χ0v) is 10.9. The van der Waals surface area contributed by atoms with Gasteiger partial charge in [-0.3, -0.25) is 0 Å². The van der Waals surface area contributed by atoms with E-state index < -0.39 is 11.0 Å². The van der Waals surface area contributed by atoms with Crippen molar-refractivity contribution in [3.05, 3.63) is 0 Å². The van der Waals surface area contributed by atoms with Gasteiger partial charge in [0.05, 0.1) is 23.2 Å². The van der Waals surface area contributed by atoms with Crippen LogP contribution in [0.3, 0.4) is 0 Å². The summed E-state index contributed by atoms with van der Waals surface area (Å²) in [6, 6.07) is 2.46. The van der Waals surface area contributed by atoms with Crippen molar-refractivity contribution < 1.29 is 9.84 Å².